The van der Waals surface area contributed by atoms with Crippen molar-refractivity contribution in [3.05, 3.63) is 60.2 Å². The van der Waals surface area contributed by atoms with E-state index in [1.54, 1.807) is 37.3 Å². The summed E-state index contributed by atoms with van der Waals surface area (Å²) in [5.74, 6) is 1.16. The van der Waals surface area contributed by atoms with E-state index in [-0.39, 0.29) is 12.4 Å². The molecule has 2 aromatic carbocycles. The third-order valence-corrected chi connectivity index (χ3v) is 5.87. The first-order valence-electron chi connectivity index (χ1n) is 8.58. The second-order valence-electron chi connectivity index (χ2n) is 6.07. The molecule has 2 rings (SSSR count). The Morgan fingerprint density at radius 3 is 2.20 bits per heavy atom. The van der Waals surface area contributed by atoms with Gasteiger partial charge >= 0.3 is 0 Å². The van der Waals surface area contributed by atoms with Crippen LogP contribution in [0.15, 0.2) is 59.5 Å². The molecule has 0 amide bonds. The maximum Gasteiger partial charge on any atom is 0.197 e. The maximum absolute atomic E-state index is 12.2. The molecule has 0 radical (unpaired) electrons. The van der Waals surface area contributed by atoms with Crippen molar-refractivity contribution in [2.24, 2.45) is 0 Å². The van der Waals surface area contributed by atoms with Crippen molar-refractivity contribution in [2.75, 3.05) is 12.4 Å². The van der Waals surface area contributed by atoms with E-state index in [9.17, 15) is 8.42 Å². The molecule has 0 N–H and O–H groups in total. The Labute approximate surface area is 150 Å². The van der Waals surface area contributed by atoms with Crippen molar-refractivity contribution >= 4 is 9.84 Å². The van der Waals surface area contributed by atoms with Crippen LogP contribution in [0.2, 0.25) is 0 Å². The van der Waals surface area contributed by atoms with Crippen LogP contribution in [0.5, 0.6) is 5.75 Å². The Morgan fingerprint density at radius 1 is 0.960 bits per heavy atom. The van der Waals surface area contributed by atoms with Crippen LogP contribution in [0.3, 0.4) is 0 Å². The second kappa shape index (κ2) is 9.02. The van der Waals surface area contributed by atoms with Crippen molar-refractivity contribution in [1.82, 2.24) is 0 Å². The molecule has 0 aliphatic heterocycles. The summed E-state index contributed by atoms with van der Waals surface area (Å²) in [7, 11) is -3.33. The first-order valence-corrected chi connectivity index (χ1v) is 10.2. The van der Waals surface area contributed by atoms with Gasteiger partial charge in [-0.25, -0.2) is 8.42 Å². The van der Waals surface area contributed by atoms with Gasteiger partial charge in [0.25, 0.3) is 0 Å². The van der Waals surface area contributed by atoms with Gasteiger partial charge in [-0.05, 0) is 49.1 Å². The van der Waals surface area contributed by atoms with E-state index >= 15 is 0 Å². The normalized spacial score (nSPS) is 14.0. The Bertz CT molecular complexity index is 739. The highest BCUT2D eigenvalue weighted by atomic mass is 32.2. The number of rotatable bonds is 9. The third kappa shape index (κ3) is 5.87. The zero-order valence-electron chi connectivity index (χ0n) is 15.0. The van der Waals surface area contributed by atoms with Crippen LogP contribution < -0.4 is 4.74 Å². The molecule has 136 valence electrons. The Hall–Kier alpha value is -1.85. The van der Waals surface area contributed by atoms with Crippen LogP contribution in [-0.4, -0.2) is 27.1 Å². The van der Waals surface area contributed by atoms with Crippen LogP contribution >= 0.6 is 0 Å². The van der Waals surface area contributed by atoms with Crippen LogP contribution in [0, 0.1) is 0 Å². The van der Waals surface area contributed by atoms with Gasteiger partial charge in [0.2, 0.25) is 0 Å². The first-order chi connectivity index (χ1) is 11.9. The fourth-order valence-corrected chi connectivity index (χ4v) is 3.53. The van der Waals surface area contributed by atoms with E-state index in [0.29, 0.717) is 16.6 Å². The number of benzene rings is 2. The van der Waals surface area contributed by atoms with Gasteiger partial charge < -0.3 is 9.47 Å². The number of ether oxygens (including phenoxy) is 2. The summed E-state index contributed by atoms with van der Waals surface area (Å²) < 4.78 is 35.5. The molecule has 0 aromatic heterocycles. The minimum absolute atomic E-state index is 0.0718. The Kier molecular flexibility index (Phi) is 7.02. The second-order valence-corrected chi connectivity index (χ2v) is 8.18. The molecule has 4 nitrogen and oxygen atoms in total. The third-order valence-electron chi connectivity index (χ3n) is 4.17. The fraction of sp³-hybridized carbons (Fsp3) is 0.400. The van der Waals surface area contributed by atoms with Gasteiger partial charge in [0.15, 0.2) is 16.1 Å². The molecule has 0 aliphatic carbocycles. The van der Waals surface area contributed by atoms with Gasteiger partial charge in [-0.3, -0.25) is 0 Å². The van der Waals surface area contributed by atoms with Crippen molar-refractivity contribution < 1.29 is 17.9 Å². The molecule has 25 heavy (non-hydrogen) atoms. The molecule has 2 atom stereocenters. The Balaban J connectivity index is 1.82. The lowest BCUT2D eigenvalue weighted by Gasteiger charge is -2.16. The predicted octanol–water partition coefficient (Wildman–Crippen LogP) is 4.42. The topological polar surface area (TPSA) is 52.6 Å². The van der Waals surface area contributed by atoms with E-state index < -0.39 is 16.1 Å². The fourth-order valence-electron chi connectivity index (χ4n) is 2.41. The SMILES string of the molecule is CCC(C)c1ccc(OC(C)OCCS(=O)(=O)c2ccccc2)cc1. The van der Waals surface area contributed by atoms with Crippen molar-refractivity contribution in [3.8, 4) is 5.75 Å². The molecular formula is C20H26O4S. The monoisotopic (exact) mass is 362 g/mol. The molecule has 0 heterocycles. The van der Waals surface area contributed by atoms with Gasteiger partial charge in [0.05, 0.1) is 17.3 Å². The largest absolute Gasteiger partial charge is 0.465 e. The highest BCUT2D eigenvalue weighted by molar-refractivity contribution is 7.91. The van der Waals surface area contributed by atoms with E-state index in [0.717, 1.165) is 6.42 Å². The quantitative estimate of drug-likeness (QED) is 0.620. The van der Waals surface area contributed by atoms with Crippen molar-refractivity contribution in [1.29, 1.82) is 0 Å². The van der Waals surface area contributed by atoms with Crippen LogP contribution in [0.25, 0.3) is 0 Å². The average Bonchev–Trinajstić information content (AvgIpc) is 2.62. The lowest BCUT2D eigenvalue weighted by Crippen LogP contribution is -2.21. The van der Waals surface area contributed by atoms with Crippen molar-refractivity contribution in [3.63, 3.8) is 0 Å². The highest BCUT2D eigenvalue weighted by Crippen LogP contribution is 2.22. The van der Waals surface area contributed by atoms with E-state index in [1.165, 1.54) is 5.56 Å². The first kappa shape index (κ1) is 19.5. The summed E-state index contributed by atoms with van der Waals surface area (Å²) in [6.45, 7) is 6.20. The predicted molar refractivity (Wildman–Crippen MR) is 99.7 cm³/mol. The molecule has 0 fully saturated rings. The molecule has 5 heteroatoms. The van der Waals surface area contributed by atoms with E-state index in [4.69, 9.17) is 9.47 Å². The molecule has 2 aromatic rings. The summed E-state index contributed by atoms with van der Waals surface area (Å²) in [5, 5.41) is 0. The summed E-state index contributed by atoms with van der Waals surface area (Å²) in [6, 6.07) is 16.3. The van der Waals surface area contributed by atoms with Crippen LogP contribution in [0.4, 0.5) is 0 Å². The van der Waals surface area contributed by atoms with Crippen LogP contribution in [-0.2, 0) is 14.6 Å². The van der Waals surface area contributed by atoms with Gasteiger partial charge in [-0.2, -0.15) is 0 Å². The molecule has 0 spiro atoms. The zero-order valence-corrected chi connectivity index (χ0v) is 15.8. The van der Waals surface area contributed by atoms with Gasteiger partial charge in [-0.15, -0.1) is 0 Å². The molecular weight excluding hydrogens is 336 g/mol. The van der Waals surface area contributed by atoms with Crippen LogP contribution in [0.1, 0.15) is 38.7 Å². The highest BCUT2D eigenvalue weighted by Gasteiger charge is 2.15. The number of hydrogen-bond donors (Lipinski definition) is 0. The lowest BCUT2D eigenvalue weighted by atomic mass is 9.99. The summed E-state index contributed by atoms with van der Waals surface area (Å²) in [6.07, 6.45) is 0.579. The van der Waals surface area contributed by atoms with E-state index in [1.807, 2.05) is 12.1 Å². The zero-order chi connectivity index (χ0) is 18.3. The van der Waals surface area contributed by atoms with Gasteiger partial charge in [0.1, 0.15) is 5.75 Å². The number of sulfone groups is 1. The number of hydrogen-bond acceptors (Lipinski definition) is 4. The standard InChI is InChI=1S/C20H26O4S/c1-4-16(2)18-10-12-19(13-11-18)24-17(3)23-14-15-25(21,22)20-8-6-5-7-9-20/h5-13,16-17H,4,14-15H2,1-3H3. The van der Waals surface area contributed by atoms with E-state index in [2.05, 4.69) is 26.0 Å². The minimum Gasteiger partial charge on any atom is -0.465 e. The summed E-state index contributed by atoms with van der Waals surface area (Å²) in [4.78, 5) is 0.313. The summed E-state index contributed by atoms with van der Waals surface area (Å²) in [5.41, 5.74) is 1.28. The van der Waals surface area contributed by atoms with Crippen molar-refractivity contribution in [2.45, 2.75) is 44.3 Å². The lowest BCUT2D eigenvalue weighted by molar-refractivity contribution is -0.0605. The smallest absolute Gasteiger partial charge is 0.197 e. The average molecular weight is 362 g/mol. The van der Waals surface area contributed by atoms with Gasteiger partial charge in [0, 0.05) is 0 Å². The molecule has 0 saturated carbocycles. The summed E-state index contributed by atoms with van der Waals surface area (Å²) >= 11 is 0. The minimum atomic E-state index is -3.33. The maximum atomic E-state index is 12.2. The van der Waals surface area contributed by atoms with Gasteiger partial charge in [-0.1, -0.05) is 44.2 Å². The Morgan fingerprint density at radius 2 is 1.60 bits per heavy atom. The molecule has 0 saturated heterocycles. The molecule has 0 aliphatic rings. The molecule has 2 unspecified atom stereocenters. The molecule has 0 bridgehead atoms.